The molecule has 18 heavy (non-hydrogen) atoms. The minimum Gasteiger partial charge on any atom is -0.381 e. The van der Waals surface area contributed by atoms with Gasteiger partial charge in [0.05, 0.1) is 5.75 Å². The molecular formula is C12H15N3O2S. The third kappa shape index (κ3) is 3.90. The first-order chi connectivity index (χ1) is 8.53. The molecule has 0 bridgehead atoms. The summed E-state index contributed by atoms with van der Waals surface area (Å²) >= 11 is 0. The van der Waals surface area contributed by atoms with Crippen molar-refractivity contribution in [3.63, 3.8) is 0 Å². The van der Waals surface area contributed by atoms with Crippen LogP contribution in [0, 0.1) is 0 Å². The van der Waals surface area contributed by atoms with Gasteiger partial charge in [-0.15, -0.1) is 0 Å². The van der Waals surface area contributed by atoms with Crippen molar-refractivity contribution in [2.75, 3.05) is 5.32 Å². The molecule has 0 amide bonds. The number of rotatable bonds is 5. The highest BCUT2D eigenvalue weighted by molar-refractivity contribution is 7.88. The van der Waals surface area contributed by atoms with Gasteiger partial charge in [-0.3, -0.25) is 0 Å². The van der Waals surface area contributed by atoms with Crippen molar-refractivity contribution in [3.05, 3.63) is 53.9 Å². The molecule has 0 aliphatic rings. The molecule has 0 aliphatic heterocycles. The average Bonchev–Trinajstić information content (AvgIpc) is 2.79. The van der Waals surface area contributed by atoms with Crippen molar-refractivity contribution < 1.29 is 8.42 Å². The van der Waals surface area contributed by atoms with Crippen LogP contribution in [0.3, 0.4) is 0 Å². The fourth-order valence-electron chi connectivity index (χ4n) is 1.62. The van der Waals surface area contributed by atoms with Gasteiger partial charge < -0.3 is 10.3 Å². The Balaban J connectivity index is 1.95. The highest BCUT2D eigenvalue weighted by Crippen LogP contribution is 2.12. The lowest BCUT2D eigenvalue weighted by Crippen LogP contribution is -2.14. The Hall–Kier alpha value is -1.79. The summed E-state index contributed by atoms with van der Waals surface area (Å²) in [6.07, 6.45) is 3.79. The largest absolute Gasteiger partial charge is 0.381 e. The van der Waals surface area contributed by atoms with Crippen LogP contribution in [0.5, 0.6) is 0 Å². The van der Waals surface area contributed by atoms with Gasteiger partial charge in [-0.2, -0.15) is 0 Å². The molecule has 5 nitrogen and oxygen atoms in total. The van der Waals surface area contributed by atoms with E-state index in [0.29, 0.717) is 5.56 Å². The summed E-state index contributed by atoms with van der Waals surface area (Å²) in [7, 11) is -3.46. The van der Waals surface area contributed by atoms with Crippen LogP contribution < -0.4 is 10.5 Å². The number of hydrogen-bond acceptors (Lipinski definition) is 3. The van der Waals surface area contributed by atoms with Crippen molar-refractivity contribution in [1.82, 2.24) is 4.98 Å². The Morgan fingerprint density at radius 3 is 2.39 bits per heavy atom. The fraction of sp³-hybridized carbons (Fsp3) is 0.167. The highest BCUT2D eigenvalue weighted by atomic mass is 32.2. The Labute approximate surface area is 106 Å². The van der Waals surface area contributed by atoms with Crippen LogP contribution in [0.1, 0.15) is 11.1 Å². The van der Waals surface area contributed by atoms with Gasteiger partial charge in [0, 0.05) is 24.6 Å². The van der Waals surface area contributed by atoms with Crippen molar-refractivity contribution in [1.29, 1.82) is 0 Å². The molecule has 0 fully saturated rings. The van der Waals surface area contributed by atoms with Gasteiger partial charge in [-0.25, -0.2) is 13.6 Å². The van der Waals surface area contributed by atoms with E-state index in [-0.39, 0.29) is 5.75 Å². The molecule has 0 unspecified atom stereocenters. The first kappa shape index (κ1) is 12.7. The van der Waals surface area contributed by atoms with E-state index in [1.807, 2.05) is 30.6 Å². The van der Waals surface area contributed by atoms with Crippen LogP contribution in [0.25, 0.3) is 0 Å². The third-order valence-electron chi connectivity index (χ3n) is 2.48. The number of sulfonamides is 1. The first-order valence-electron chi connectivity index (χ1n) is 5.48. The number of aromatic nitrogens is 1. The lowest BCUT2D eigenvalue weighted by atomic mass is 10.2. The van der Waals surface area contributed by atoms with Crippen molar-refractivity contribution in [3.8, 4) is 0 Å². The van der Waals surface area contributed by atoms with Gasteiger partial charge in [-0.05, 0) is 29.3 Å². The third-order valence-corrected chi connectivity index (χ3v) is 3.22. The summed E-state index contributed by atoms with van der Waals surface area (Å²) in [5.41, 5.74) is 2.78. The van der Waals surface area contributed by atoms with Gasteiger partial charge in [-0.1, -0.05) is 12.1 Å². The maximum Gasteiger partial charge on any atom is 0.213 e. The van der Waals surface area contributed by atoms with E-state index >= 15 is 0 Å². The van der Waals surface area contributed by atoms with Crippen molar-refractivity contribution in [2.45, 2.75) is 12.3 Å². The van der Waals surface area contributed by atoms with E-state index in [0.717, 1.165) is 17.8 Å². The minimum absolute atomic E-state index is 0.134. The Morgan fingerprint density at radius 2 is 1.83 bits per heavy atom. The average molecular weight is 265 g/mol. The standard InChI is InChI=1S/C12H15N3O2S/c13-18(16,17)9-10-1-3-12(4-2-10)15-8-11-5-6-14-7-11/h1-7,14-15H,8-9H2,(H2,13,16,17). The monoisotopic (exact) mass is 265 g/mol. The highest BCUT2D eigenvalue weighted by Gasteiger charge is 2.04. The lowest BCUT2D eigenvalue weighted by Gasteiger charge is -2.06. The molecule has 0 saturated carbocycles. The SMILES string of the molecule is NS(=O)(=O)Cc1ccc(NCc2cc[nH]c2)cc1. The number of H-pyrrole nitrogens is 1. The minimum atomic E-state index is -3.46. The Kier molecular flexibility index (Phi) is 3.69. The summed E-state index contributed by atoms with van der Waals surface area (Å²) in [4.78, 5) is 2.98. The Morgan fingerprint density at radius 1 is 1.11 bits per heavy atom. The van der Waals surface area contributed by atoms with Gasteiger partial charge in [0.2, 0.25) is 10.0 Å². The van der Waals surface area contributed by atoms with Gasteiger partial charge >= 0.3 is 0 Å². The molecule has 1 aromatic heterocycles. The number of anilines is 1. The van der Waals surface area contributed by atoms with Crippen LogP contribution in [0.2, 0.25) is 0 Å². The topological polar surface area (TPSA) is 88.0 Å². The van der Waals surface area contributed by atoms with Gasteiger partial charge in [0.1, 0.15) is 0 Å². The number of nitrogens with two attached hydrogens (primary N) is 1. The molecule has 1 heterocycles. The molecular weight excluding hydrogens is 250 g/mol. The summed E-state index contributed by atoms with van der Waals surface area (Å²) < 4.78 is 21.9. The number of nitrogens with one attached hydrogen (secondary N) is 2. The number of primary sulfonamides is 1. The van der Waals surface area contributed by atoms with Crippen molar-refractivity contribution >= 4 is 15.7 Å². The van der Waals surface area contributed by atoms with Crippen molar-refractivity contribution in [2.24, 2.45) is 5.14 Å². The summed E-state index contributed by atoms with van der Waals surface area (Å²) in [5.74, 6) is -0.134. The van der Waals surface area contributed by atoms with E-state index in [9.17, 15) is 8.42 Å². The van der Waals surface area contributed by atoms with Crippen LogP contribution in [-0.4, -0.2) is 13.4 Å². The first-order valence-corrected chi connectivity index (χ1v) is 7.19. The number of aromatic amines is 1. The smallest absolute Gasteiger partial charge is 0.213 e. The normalized spacial score (nSPS) is 11.4. The van der Waals surface area contributed by atoms with Crippen LogP contribution in [0.15, 0.2) is 42.7 Å². The second-order valence-corrected chi connectivity index (χ2v) is 5.69. The van der Waals surface area contributed by atoms with Crippen LogP contribution >= 0.6 is 0 Å². The zero-order chi connectivity index (χ0) is 13.0. The maximum absolute atomic E-state index is 10.9. The van der Waals surface area contributed by atoms with E-state index in [2.05, 4.69) is 10.3 Å². The summed E-state index contributed by atoms with van der Waals surface area (Å²) in [6.45, 7) is 0.720. The van der Waals surface area contributed by atoms with E-state index in [1.165, 1.54) is 0 Å². The zero-order valence-corrected chi connectivity index (χ0v) is 10.6. The van der Waals surface area contributed by atoms with Crippen LogP contribution in [-0.2, 0) is 22.3 Å². The second-order valence-electron chi connectivity index (χ2n) is 4.08. The lowest BCUT2D eigenvalue weighted by molar-refractivity contribution is 0.597. The Bertz CT molecular complexity index is 589. The zero-order valence-electron chi connectivity index (χ0n) is 9.76. The molecule has 0 atom stereocenters. The van der Waals surface area contributed by atoms with Gasteiger partial charge in [0.15, 0.2) is 0 Å². The molecule has 96 valence electrons. The molecule has 4 N–H and O–H groups in total. The predicted molar refractivity (Wildman–Crippen MR) is 71.4 cm³/mol. The maximum atomic E-state index is 10.9. The number of benzene rings is 1. The van der Waals surface area contributed by atoms with Gasteiger partial charge in [0.25, 0.3) is 0 Å². The summed E-state index contributed by atoms with van der Waals surface area (Å²) in [6, 6.07) is 9.18. The molecule has 6 heteroatoms. The molecule has 0 spiro atoms. The summed E-state index contributed by atoms with van der Waals surface area (Å²) in [5, 5.41) is 8.22. The van der Waals surface area contributed by atoms with Crippen LogP contribution in [0.4, 0.5) is 5.69 Å². The molecule has 1 aromatic carbocycles. The fourth-order valence-corrected chi connectivity index (χ4v) is 2.28. The second kappa shape index (κ2) is 5.24. The van der Waals surface area contributed by atoms with E-state index in [4.69, 9.17) is 5.14 Å². The van der Waals surface area contributed by atoms with E-state index < -0.39 is 10.0 Å². The quantitative estimate of drug-likeness (QED) is 0.764. The molecule has 0 saturated heterocycles. The molecule has 2 aromatic rings. The number of hydrogen-bond donors (Lipinski definition) is 3. The van der Waals surface area contributed by atoms with E-state index in [1.54, 1.807) is 12.1 Å². The molecule has 0 radical (unpaired) electrons. The molecule has 0 aliphatic carbocycles. The molecule has 2 rings (SSSR count). The predicted octanol–water partition coefficient (Wildman–Crippen LogP) is 1.42.